The van der Waals surface area contributed by atoms with Crippen molar-refractivity contribution in [2.75, 3.05) is 12.3 Å². The molecule has 2 rings (SSSR count). The third-order valence-electron chi connectivity index (χ3n) is 2.83. The van der Waals surface area contributed by atoms with Crippen LogP contribution < -0.4 is 10.5 Å². The molecule has 1 aromatic heterocycles. The second-order valence-corrected chi connectivity index (χ2v) is 6.18. The fraction of sp³-hybridized carbons (Fsp3) is 0.333. The Morgan fingerprint density at radius 2 is 2.20 bits per heavy atom. The first kappa shape index (κ1) is 14.5. The number of anilines is 1. The van der Waals surface area contributed by atoms with Crippen LogP contribution in [0.5, 0.6) is 0 Å². The Labute approximate surface area is 117 Å². The number of nitrogens with one attached hydrogen (secondary N) is 1. The van der Waals surface area contributed by atoms with Crippen LogP contribution in [0.3, 0.4) is 0 Å². The molecular weight excluding hydrogens is 278 g/mol. The fourth-order valence-electron chi connectivity index (χ4n) is 1.78. The maximum Gasteiger partial charge on any atom is 0.240 e. The summed E-state index contributed by atoms with van der Waals surface area (Å²) in [6, 6.07) is 4.84. The van der Waals surface area contributed by atoms with E-state index in [1.165, 1.54) is 6.07 Å². The number of benzene rings is 1. The Morgan fingerprint density at radius 3 is 2.90 bits per heavy atom. The van der Waals surface area contributed by atoms with E-state index in [1.54, 1.807) is 36.1 Å². The SMILES string of the molecule is Cc1ccc(N)cc1S(=O)(=O)NCCCn1ccnn1. The molecule has 0 saturated heterocycles. The number of sulfonamides is 1. The lowest BCUT2D eigenvalue weighted by molar-refractivity contribution is 0.542. The number of rotatable bonds is 6. The molecule has 0 saturated carbocycles. The highest BCUT2D eigenvalue weighted by Crippen LogP contribution is 2.17. The van der Waals surface area contributed by atoms with Crippen molar-refractivity contribution in [3.05, 3.63) is 36.2 Å². The third kappa shape index (κ3) is 3.55. The molecule has 108 valence electrons. The zero-order valence-corrected chi connectivity index (χ0v) is 12.0. The maximum absolute atomic E-state index is 12.2. The van der Waals surface area contributed by atoms with Gasteiger partial charge in [-0.05, 0) is 31.0 Å². The lowest BCUT2D eigenvalue weighted by Gasteiger charge is -2.10. The van der Waals surface area contributed by atoms with Crippen LogP contribution in [-0.4, -0.2) is 30.0 Å². The van der Waals surface area contributed by atoms with Crippen molar-refractivity contribution in [3.8, 4) is 0 Å². The van der Waals surface area contributed by atoms with Crippen LogP contribution in [-0.2, 0) is 16.6 Å². The lowest BCUT2D eigenvalue weighted by atomic mass is 10.2. The third-order valence-corrected chi connectivity index (χ3v) is 4.43. The molecule has 1 aromatic carbocycles. The predicted molar refractivity (Wildman–Crippen MR) is 75.4 cm³/mol. The van der Waals surface area contributed by atoms with E-state index in [0.717, 1.165) is 0 Å². The average Bonchev–Trinajstić information content (AvgIpc) is 2.90. The minimum atomic E-state index is -3.53. The van der Waals surface area contributed by atoms with Gasteiger partial charge in [0.2, 0.25) is 10.0 Å². The molecule has 20 heavy (non-hydrogen) atoms. The number of nitrogens with two attached hydrogens (primary N) is 1. The van der Waals surface area contributed by atoms with Gasteiger partial charge in [0.05, 0.1) is 11.1 Å². The molecule has 0 aliphatic carbocycles. The smallest absolute Gasteiger partial charge is 0.240 e. The number of nitrogens with zero attached hydrogens (tertiary/aromatic N) is 3. The van der Waals surface area contributed by atoms with Crippen molar-refractivity contribution in [1.82, 2.24) is 19.7 Å². The van der Waals surface area contributed by atoms with Gasteiger partial charge in [-0.3, -0.25) is 4.68 Å². The van der Waals surface area contributed by atoms with Crippen LogP contribution in [0, 0.1) is 6.92 Å². The zero-order valence-electron chi connectivity index (χ0n) is 11.2. The molecule has 3 N–H and O–H groups in total. The second-order valence-electron chi connectivity index (χ2n) is 4.44. The van der Waals surface area contributed by atoms with Gasteiger partial charge in [0.15, 0.2) is 0 Å². The Hall–Kier alpha value is -1.93. The molecule has 0 unspecified atom stereocenters. The quantitative estimate of drug-likeness (QED) is 0.598. The molecule has 1 heterocycles. The van der Waals surface area contributed by atoms with Gasteiger partial charge in [0, 0.05) is 25.0 Å². The normalized spacial score (nSPS) is 11.7. The van der Waals surface area contributed by atoms with Gasteiger partial charge in [-0.1, -0.05) is 11.3 Å². The van der Waals surface area contributed by atoms with Crippen molar-refractivity contribution in [2.24, 2.45) is 0 Å². The molecule has 0 aliphatic heterocycles. The largest absolute Gasteiger partial charge is 0.399 e. The van der Waals surface area contributed by atoms with Crippen LogP contribution in [0.2, 0.25) is 0 Å². The molecule has 0 spiro atoms. The van der Waals surface area contributed by atoms with Gasteiger partial charge in [-0.25, -0.2) is 13.1 Å². The predicted octanol–water partition coefficient (Wildman–Crippen LogP) is 0.537. The number of hydrogen-bond donors (Lipinski definition) is 2. The van der Waals surface area contributed by atoms with E-state index >= 15 is 0 Å². The highest BCUT2D eigenvalue weighted by molar-refractivity contribution is 7.89. The molecule has 2 aromatic rings. The first-order chi connectivity index (χ1) is 9.49. The van der Waals surface area contributed by atoms with Crippen molar-refractivity contribution < 1.29 is 8.42 Å². The van der Waals surface area contributed by atoms with Crippen molar-refractivity contribution in [2.45, 2.75) is 24.8 Å². The van der Waals surface area contributed by atoms with Crippen LogP contribution in [0.4, 0.5) is 5.69 Å². The van der Waals surface area contributed by atoms with E-state index in [0.29, 0.717) is 30.8 Å². The number of aromatic nitrogens is 3. The Balaban J connectivity index is 1.95. The van der Waals surface area contributed by atoms with Crippen LogP contribution >= 0.6 is 0 Å². The lowest BCUT2D eigenvalue weighted by Crippen LogP contribution is -2.26. The van der Waals surface area contributed by atoms with Crippen LogP contribution in [0.25, 0.3) is 0 Å². The molecule has 0 bridgehead atoms. The first-order valence-electron chi connectivity index (χ1n) is 6.19. The van der Waals surface area contributed by atoms with Gasteiger partial charge in [0.1, 0.15) is 0 Å². The summed E-state index contributed by atoms with van der Waals surface area (Å²) in [7, 11) is -3.53. The highest BCUT2D eigenvalue weighted by Gasteiger charge is 2.16. The van der Waals surface area contributed by atoms with E-state index in [2.05, 4.69) is 15.0 Å². The van der Waals surface area contributed by atoms with Crippen molar-refractivity contribution >= 4 is 15.7 Å². The summed E-state index contributed by atoms with van der Waals surface area (Å²) in [5.74, 6) is 0. The second kappa shape index (κ2) is 6.02. The molecule has 0 aliphatic rings. The average molecular weight is 295 g/mol. The summed E-state index contributed by atoms with van der Waals surface area (Å²) >= 11 is 0. The minimum absolute atomic E-state index is 0.221. The highest BCUT2D eigenvalue weighted by atomic mass is 32.2. The molecular formula is C12H17N5O2S. The van der Waals surface area contributed by atoms with Crippen LogP contribution in [0.1, 0.15) is 12.0 Å². The molecule has 7 nitrogen and oxygen atoms in total. The van der Waals surface area contributed by atoms with Crippen molar-refractivity contribution in [3.63, 3.8) is 0 Å². The van der Waals surface area contributed by atoms with E-state index in [1.807, 2.05) is 0 Å². The molecule has 8 heteroatoms. The molecule has 0 radical (unpaired) electrons. The summed E-state index contributed by atoms with van der Waals surface area (Å²) in [6.07, 6.45) is 3.95. The maximum atomic E-state index is 12.2. The Kier molecular flexibility index (Phi) is 4.35. The number of aryl methyl sites for hydroxylation is 2. The molecule has 0 amide bonds. The summed E-state index contributed by atoms with van der Waals surface area (Å²) in [4.78, 5) is 0.221. The summed E-state index contributed by atoms with van der Waals surface area (Å²) in [5.41, 5.74) is 6.73. The molecule has 0 fully saturated rings. The van der Waals surface area contributed by atoms with Gasteiger partial charge in [-0.15, -0.1) is 5.10 Å². The van der Waals surface area contributed by atoms with E-state index in [-0.39, 0.29) is 4.90 Å². The monoisotopic (exact) mass is 295 g/mol. The van der Waals surface area contributed by atoms with E-state index in [4.69, 9.17) is 5.73 Å². The van der Waals surface area contributed by atoms with E-state index < -0.39 is 10.0 Å². The zero-order chi connectivity index (χ0) is 14.6. The van der Waals surface area contributed by atoms with Gasteiger partial charge in [0.25, 0.3) is 0 Å². The van der Waals surface area contributed by atoms with E-state index in [9.17, 15) is 8.42 Å². The van der Waals surface area contributed by atoms with Crippen LogP contribution in [0.15, 0.2) is 35.5 Å². The summed E-state index contributed by atoms with van der Waals surface area (Å²) in [5, 5.41) is 7.49. The first-order valence-corrected chi connectivity index (χ1v) is 7.67. The molecule has 0 atom stereocenters. The summed E-state index contributed by atoms with van der Waals surface area (Å²) in [6.45, 7) is 2.68. The Morgan fingerprint density at radius 1 is 1.40 bits per heavy atom. The summed E-state index contributed by atoms with van der Waals surface area (Å²) < 4.78 is 28.5. The fourth-order valence-corrected chi connectivity index (χ4v) is 3.14. The van der Waals surface area contributed by atoms with Gasteiger partial charge < -0.3 is 5.73 Å². The van der Waals surface area contributed by atoms with Crippen molar-refractivity contribution in [1.29, 1.82) is 0 Å². The number of nitrogen functional groups attached to an aromatic ring is 1. The topological polar surface area (TPSA) is 103 Å². The van der Waals surface area contributed by atoms with Gasteiger partial charge in [-0.2, -0.15) is 0 Å². The standard InChI is InChI=1S/C12H17N5O2S/c1-10-3-4-11(13)9-12(10)20(18,19)15-5-2-7-17-8-6-14-16-17/h3-4,6,8-9,15H,2,5,7,13H2,1H3. The van der Waals surface area contributed by atoms with Gasteiger partial charge >= 0.3 is 0 Å². The minimum Gasteiger partial charge on any atom is -0.399 e. The Bertz CT molecular complexity index is 667. The number of hydrogen-bond acceptors (Lipinski definition) is 5.